The summed E-state index contributed by atoms with van der Waals surface area (Å²) in [7, 11) is 0. The van der Waals surface area contributed by atoms with Crippen molar-refractivity contribution in [1.29, 1.82) is 0 Å². The van der Waals surface area contributed by atoms with Gasteiger partial charge < -0.3 is 20.5 Å². The fourth-order valence-electron chi connectivity index (χ4n) is 4.27. The minimum absolute atomic E-state index is 0.0514. The van der Waals surface area contributed by atoms with Crippen molar-refractivity contribution >= 4 is 18.0 Å². The third kappa shape index (κ3) is 6.12. The van der Waals surface area contributed by atoms with Crippen molar-refractivity contribution in [1.82, 2.24) is 10.6 Å². The van der Waals surface area contributed by atoms with Crippen molar-refractivity contribution in [3.05, 3.63) is 59.7 Å². The molecule has 0 saturated carbocycles. The molecule has 1 aliphatic carbocycles. The zero-order chi connectivity index (χ0) is 24.0. The van der Waals surface area contributed by atoms with Gasteiger partial charge in [0.25, 0.3) is 0 Å². The molecule has 0 spiro atoms. The first kappa shape index (κ1) is 24.3. The summed E-state index contributed by atoms with van der Waals surface area (Å²) in [6, 6.07) is 15.3. The van der Waals surface area contributed by atoms with Gasteiger partial charge in [-0.15, -0.1) is 0 Å². The molecular formula is C26H32N2O5. The lowest BCUT2D eigenvalue weighted by molar-refractivity contribution is -0.142. The average molecular weight is 453 g/mol. The number of hydrogen-bond donors (Lipinski definition) is 3. The van der Waals surface area contributed by atoms with Gasteiger partial charge in [-0.3, -0.25) is 4.79 Å². The zero-order valence-corrected chi connectivity index (χ0v) is 19.4. The predicted molar refractivity (Wildman–Crippen MR) is 126 cm³/mol. The molecule has 0 unspecified atom stereocenters. The molecular weight excluding hydrogens is 420 g/mol. The second kappa shape index (κ2) is 10.5. The number of carboxylic acid groups (broad SMARTS) is 1. The number of carbonyl (C=O) groups is 3. The molecule has 7 heteroatoms. The van der Waals surface area contributed by atoms with Crippen LogP contribution in [0.25, 0.3) is 11.1 Å². The van der Waals surface area contributed by atoms with Crippen LogP contribution in [-0.4, -0.2) is 41.3 Å². The van der Waals surface area contributed by atoms with E-state index < -0.39 is 29.6 Å². The topological polar surface area (TPSA) is 105 Å². The van der Waals surface area contributed by atoms with E-state index in [0.29, 0.717) is 12.8 Å². The molecule has 7 nitrogen and oxygen atoms in total. The fraction of sp³-hybridized carbons (Fsp3) is 0.423. The minimum atomic E-state index is -1.06. The molecule has 3 rings (SSSR count). The molecule has 0 fully saturated rings. The molecule has 2 amide bonds. The lowest BCUT2D eigenvalue weighted by atomic mass is 9.98. The van der Waals surface area contributed by atoms with E-state index in [-0.39, 0.29) is 18.9 Å². The molecule has 1 aliphatic rings. The number of unbranched alkanes of at least 4 members (excludes halogenated alkanes) is 1. The van der Waals surface area contributed by atoms with E-state index >= 15 is 0 Å². The molecule has 2 aromatic rings. The van der Waals surface area contributed by atoms with Crippen molar-refractivity contribution < 1.29 is 24.2 Å². The molecule has 33 heavy (non-hydrogen) atoms. The van der Waals surface area contributed by atoms with Crippen LogP contribution >= 0.6 is 0 Å². The first-order chi connectivity index (χ1) is 15.7. The highest BCUT2D eigenvalue weighted by Crippen LogP contribution is 2.44. The van der Waals surface area contributed by atoms with Crippen molar-refractivity contribution in [2.45, 2.75) is 64.0 Å². The maximum atomic E-state index is 12.5. The van der Waals surface area contributed by atoms with Crippen LogP contribution in [0, 0.1) is 0 Å². The molecule has 2 aromatic carbocycles. The lowest BCUT2D eigenvalue weighted by Gasteiger charge is -2.26. The van der Waals surface area contributed by atoms with Crippen molar-refractivity contribution in [3.8, 4) is 11.1 Å². The Labute approximate surface area is 194 Å². The van der Waals surface area contributed by atoms with Gasteiger partial charge >= 0.3 is 12.1 Å². The summed E-state index contributed by atoms with van der Waals surface area (Å²) < 4.78 is 5.55. The normalized spacial score (nSPS) is 13.5. The largest absolute Gasteiger partial charge is 0.480 e. The zero-order valence-electron chi connectivity index (χ0n) is 19.4. The van der Waals surface area contributed by atoms with E-state index in [4.69, 9.17) is 4.74 Å². The van der Waals surface area contributed by atoms with E-state index in [1.807, 2.05) is 43.3 Å². The number of fused-ring (bicyclic) bond motifs is 3. The van der Waals surface area contributed by atoms with Crippen LogP contribution in [0.15, 0.2) is 48.5 Å². The van der Waals surface area contributed by atoms with Crippen LogP contribution in [0.2, 0.25) is 0 Å². The van der Waals surface area contributed by atoms with Gasteiger partial charge in [0, 0.05) is 17.9 Å². The van der Waals surface area contributed by atoms with Gasteiger partial charge in [-0.1, -0.05) is 68.3 Å². The Balaban J connectivity index is 1.56. The number of carboxylic acids is 1. The SMILES string of the molecule is CCCC[C@H](NC(=O)CC(C)(C)NC(=O)OCC1c2ccccc2-c2ccccc21)C(=O)O. The van der Waals surface area contributed by atoms with E-state index in [0.717, 1.165) is 28.7 Å². The number of aliphatic carboxylic acids is 1. The second-order valence-electron chi connectivity index (χ2n) is 9.11. The highest BCUT2D eigenvalue weighted by molar-refractivity contribution is 5.84. The van der Waals surface area contributed by atoms with E-state index in [2.05, 4.69) is 22.8 Å². The first-order valence-corrected chi connectivity index (χ1v) is 11.4. The summed E-state index contributed by atoms with van der Waals surface area (Å²) >= 11 is 0. The number of alkyl carbamates (subject to hydrolysis) is 1. The van der Waals surface area contributed by atoms with Crippen molar-refractivity contribution in [3.63, 3.8) is 0 Å². The summed E-state index contributed by atoms with van der Waals surface area (Å²) in [5.41, 5.74) is 3.64. The Morgan fingerprint density at radius 1 is 1.03 bits per heavy atom. The van der Waals surface area contributed by atoms with Gasteiger partial charge in [-0.2, -0.15) is 0 Å². The molecule has 0 aliphatic heterocycles. The number of hydrogen-bond acceptors (Lipinski definition) is 4. The monoisotopic (exact) mass is 452 g/mol. The highest BCUT2D eigenvalue weighted by Gasteiger charge is 2.31. The van der Waals surface area contributed by atoms with Gasteiger partial charge in [0.2, 0.25) is 5.91 Å². The molecule has 176 valence electrons. The number of benzene rings is 2. The molecule has 1 atom stereocenters. The highest BCUT2D eigenvalue weighted by atomic mass is 16.5. The van der Waals surface area contributed by atoms with Crippen LogP contribution in [0.4, 0.5) is 4.79 Å². The van der Waals surface area contributed by atoms with Gasteiger partial charge in [-0.05, 0) is 42.5 Å². The predicted octanol–water partition coefficient (Wildman–Crippen LogP) is 4.45. The maximum absolute atomic E-state index is 12.5. The maximum Gasteiger partial charge on any atom is 0.407 e. The number of amides is 2. The van der Waals surface area contributed by atoms with Gasteiger partial charge in [0.05, 0.1) is 0 Å². The summed E-state index contributed by atoms with van der Waals surface area (Å²) in [6.45, 7) is 5.55. The number of rotatable bonds is 10. The third-order valence-electron chi connectivity index (χ3n) is 5.87. The molecule has 0 radical (unpaired) electrons. The van der Waals surface area contributed by atoms with Gasteiger partial charge in [0.15, 0.2) is 0 Å². The Morgan fingerprint density at radius 3 is 2.15 bits per heavy atom. The van der Waals surface area contributed by atoms with E-state index in [1.165, 1.54) is 0 Å². The van der Waals surface area contributed by atoms with Crippen molar-refractivity contribution in [2.24, 2.45) is 0 Å². The molecule has 0 bridgehead atoms. The molecule has 3 N–H and O–H groups in total. The average Bonchev–Trinajstić information content (AvgIpc) is 3.08. The Bertz CT molecular complexity index is 972. The Kier molecular flexibility index (Phi) is 7.74. The Hall–Kier alpha value is -3.35. The van der Waals surface area contributed by atoms with E-state index in [1.54, 1.807) is 13.8 Å². The number of carbonyl (C=O) groups excluding carboxylic acids is 2. The fourth-order valence-corrected chi connectivity index (χ4v) is 4.27. The van der Waals surface area contributed by atoms with Gasteiger partial charge in [-0.25, -0.2) is 9.59 Å². The second-order valence-corrected chi connectivity index (χ2v) is 9.11. The summed E-state index contributed by atoms with van der Waals surface area (Å²) in [4.78, 5) is 36.3. The van der Waals surface area contributed by atoms with Crippen LogP contribution < -0.4 is 10.6 Å². The Morgan fingerprint density at radius 2 is 1.61 bits per heavy atom. The summed E-state index contributed by atoms with van der Waals surface area (Å²) in [5.74, 6) is -1.54. The van der Waals surface area contributed by atoms with Crippen LogP contribution in [0.1, 0.15) is 63.5 Å². The van der Waals surface area contributed by atoms with Crippen molar-refractivity contribution in [2.75, 3.05) is 6.61 Å². The van der Waals surface area contributed by atoms with Crippen LogP contribution in [-0.2, 0) is 14.3 Å². The van der Waals surface area contributed by atoms with E-state index in [9.17, 15) is 19.5 Å². The minimum Gasteiger partial charge on any atom is -0.480 e. The summed E-state index contributed by atoms with van der Waals surface area (Å²) in [6.07, 6.45) is 1.24. The number of nitrogens with one attached hydrogen (secondary N) is 2. The first-order valence-electron chi connectivity index (χ1n) is 11.4. The van der Waals surface area contributed by atoms with Gasteiger partial charge in [0.1, 0.15) is 12.6 Å². The lowest BCUT2D eigenvalue weighted by Crippen LogP contribution is -2.49. The van der Waals surface area contributed by atoms with Crippen LogP contribution in [0.5, 0.6) is 0 Å². The quantitative estimate of drug-likeness (QED) is 0.494. The summed E-state index contributed by atoms with van der Waals surface area (Å²) in [5, 5.41) is 14.6. The molecule has 0 saturated heterocycles. The number of ether oxygens (including phenoxy) is 1. The smallest absolute Gasteiger partial charge is 0.407 e. The molecule has 0 aromatic heterocycles. The van der Waals surface area contributed by atoms with Crippen LogP contribution in [0.3, 0.4) is 0 Å². The third-order valence-corrected chi connectivity index (χ3v) is 5.87. The molecule has 0 heterocycles. The standard InChI is InChI=1S/C26H32N2O5/c1-4-5-14-22(24(30)31)27-23(29)15-26(2,3)28-25(32)33-16-21-19-12-8-6-10-17(19)18-11-7-9-13-20(18)21/h6-13,21-22H,4-5,14-16H2,1-3H3,(H,27,29)(H,28,32)(H,30,31)/t22-/m0/s1.